The lowest BCUT2D eigenvalue weighted by Crippen LogP contribution is -2.62. The highest BCUT2D eigenvalue weighted by Gasteiger charge is 2.40. The number of hydrogen-bond donors (Lipinski definition) is 0. The van der Waals surface area contributed by atoms with E-state index in [1.807, 2.05) is 0 Å². The highest BCUT2D eigenvalue weighted by molar-refractivity contribution is 6.92. The fourth-order valence-electron chi connectivity index (χ4n) is 2.27. The first kappa shape index (κ1) is 16.8. The molecule has 0 spiro atoms. The summed E-state index contributed by atoms with van der Waals surface area (Å²) >= 11 is 0. The van der Waals surface area contributed by atoms with Crippen LogP contribution in [0.1, 0.15) is 11.1 Å². The van der Waals surface area contributed by atoms with Crippen LogP contribution in [0, 0.1) is 13.8 Å². The fraction of sp³-hybridized carbons (Fsp3) is 0.250. The molecule has 0 aliphatic rings. The zero-order valence-electron chi connectivity index (χ0n) is 11.9. The zero-order valence-corrected chi connectivity index (χ0v) is 12.9. The van der Waals surface area contributed by atoms with Crippen LogP contribution in [-0.2, 0) is 8.85 Å². The maximum atomic E-state index is 5.86. The van der Waals surface area contributed by atoms with Gasteiger partial charge < -0.3 is 8.85 Å². The summed E-state index contributed by atoms with van der Waals surface area (Å²) in [5.41, 5.74) is 2.48. The van der Waals surface area contributed by atoms with E-state index in [4.69, 9.17) is 8.85 Å². The molecule has 0 aliphatic carbocycles. The first-order valence-corrected chi connectivity index (χ1v) is 8.18. The van der Waals surface area contributed by atoms with Gasteiger partial charge >= 0.3 is 8.56 Å². The molecule has 0 radical (unpaired) electrons. The lowest BCUT2D eigenvalue weighted by molar-refractivity contribution is 0.272. The molecule has 20 heavy (non-hydrogen) atoms. The van der Waals surface area contributed by atoms with Gasteiger partial charge in [-0.2, -0.15) is 0 Å². The van der Waals surface area contributed by atoms with Crippen LogP contribution in [0.2, 0.25) is 0 Å². The number of aryl methyl sites for hydroxylation is 2. The maximum absolute atomic E-state index is 5.86. The van der Waals surface area contributed by atoms with E-state index in [9.17, 15) is 0 Å². The van der Waals surface area contributed by atoms with E-state index in [2.05, 4.69) is 62.4 Å². The van der Waals surface area contributed by atoms with Gasteiger partial charge in [-0.25, -0.2) is 0 Å². The summed E-state index contributed by atoms with van der Waals surface area (Å²) in [4.78, 5) is 0. The molecule has 2 aromatic carbocycles. The Morgan fingerprint density at radius 2 is 0.950 bits per heavy atom. The molecule has 2 aromatic rings. The lowest BCUT2D eigenvalue weighted by atomic mass is 10.2. The second kappa shape index (κ2) is 6.99. The van der Waals surface area contributed by atoms with Crippen LogP contribution in [0.5, 0.6) is 0 Å². The van der Waals surface area contributed by atoms with Crippen LogP contribution in [-0.4, -0.2) is 33.7 Å². The van der Waals surface area contributed by atoms with Gasteiger partial charge in [-0.15, -0.1) is 0 Å². The van der Waals surface area contributed by atoms with Gasteiger partial charge in [0.2, 0.25) is 0 Å². The maximum Gasteiger partial charge on any atom is 0.406 e. The van der Waals surface area contributed by atoms with Gasteiger partial charge in [0, 0.05) is 14.2 Å². The third-order valence-corrected chi connectivity index (χ3v) is 6.77. The Morgan fingerprint density at radius 1 is 0.650 bits per heavy atom. The predicted molar refractivity (Wildman–Crippen MR) is 92.7 cm³/mol. The molecule has 0 amide bonds. The second-order valence-electron chi connectivity index (χ2n) is 4.76. The van der Waals surface area contributed by atoms with E-state index < -0.39 is 8.56 Å². The molecule has 0 saturated heterocycles. The summed E-state index contributed by atoms with van der Waals surface area (Å²) in [6.07, 6.45) is 0. The Hall–Kier alpha value is -1.21. The normalized spacial score (nSPS) is 11.0. The monoisotopic (exact) mass is 304 g/mol. The molecule has 0 fully saturated rings. The Morgan fingerprint density at radius 3 is 1.20 bits per heavy atom. The third kappa shape index (κ3) is 3.09. The molecule has 0 heterocycles. The molecule has 0 aromatic heterocycles. The zero-order chi connectivity index (χ0) is 13.9. The topological polar surface area (TPSA) is 18.5 Å². The van der Waals surface area contributed by atoms with E-state index in [1.165, 1.54) is 11.1 Å². The molecule has 2 rings (SSSR count). The molecule has 4 heteroatoms. The minimum atomic E-state index is -2.54. The van der Waals surface area contributed by atoms with Crippen molar-refractivity contribution in [1.82, 2.24) is 0 Å². The molecule has 0 saturated carbocycles. The summed E-state index contributed by atoms with van der Waals surface area (Å²) in [7, 11) is 0.922. The van der Waals surface area contributed by atoms with E-state index in [-0.39, 0.29) is 11.0 Å². The van der Waals surface area contributed by atoms with Gasteiger partial charge in [-0.3, -0.25) is 0 Å². The van der Waals surface area contributed by atoms with Crippen molar-refractivity contribution in [2.45, 2.75) is 13.8 Å². The molecular formula is C16H24O2Si2. The summed E-state index contributed by atoms with van der Waals surface area (Å²) in [5, 5.41) is 2.26. The number of benzene rings is 2. The van der Waals surface area contributed by atoms with E-state index in [0.29, 0.717) is 0 Å². The van der Waals surface area contributed by atoms with Gasteiger partial charge in [-0.1, -0.05) is 59.7 Å². The van der Waals surface area contributed by atoms with Gasteiger partial charge in [0.1, 0.15) is 0 Å². The Kier molecular flexibility index (Phi) is 5.89. The van der Waals surface area contributed by atoms with Crippen LogP contribution in [0.25, 0.3) is 0 Å². The van der Waals surface area contributed by atoms with E-state index in [1.54, 1.807) is 14.2 Å². The average molecular weight is 305 g/mol. The molecule has 0 bridgehead atoms. The summed E-state index contributed by atoms with van der Waals surface area (Å²) in [6, 6.07) is 16.8. The Bertz CT molecular complexity index is 484. The molecule has 108 valence electrons. The van der Waals surface area contributed by atoms with Crippen molar-refractivity contribution in [3.05, 3.63) is 59.7 Å². The molecule has 0 atom stereocenters. The molecule has 0 N–H and O–H groups in total. The SMILES string of the molecule is CO[Si](OC)(c1ccc(C)cc1)c1ccc(C)cc1.[SiH4]. The van der Waals surface area contributed by atoms with Crippen molar-refractivity contribution in [3.8, 4) is 0 Å². The van der Waals surface area contributed by atoms with Crippen molar-refractivity contribution in [1.29, 1.82) is 0 Å². The molecule has 0 aliphatic heterocycles. The van der Waals surface area contributed by atoms with Crippen molar-refractivity contribution in [2.75, 3.05) is 14.2 Å². The van der Waals surface area contributed by atoms with Gasteiger partial charge in [0.05, 0.1) is 0 Å². The molecule has 2 nitrogen and oxygen atoms in total. The van der Waals surface area contributed by atoms with Crippen LogP contribution in [0.15, 0.2) is 48.5 Å². The quantitative estimate of drug-likeness (QED) is 0.774. The first-order chi connectivity index (χ1) is 9.12. The lowest BCUT2D eigenvalue weighted by Gasteiger charge is -2.28. The number of rotatable bonds is 4. The van der Waals surface area contributed by atoms with Crippen LogP contribution < -0.4 is 10.4 Å². The summed E-state index contributed by atoms with van der Waals surface area (Å²) in [6.45, 7) is 4.16. The van der Waals surface area contributed by atoms with Crippen molar-refractivity contribution in [3.63, 3.8) is 0 Å². The van der Waals surface area contributed by atoms with Crippen LogP contribution >= 0.6 is 0 Å². The molecular weight excluding hydrogens is 280 g/mol. The van der Waals surface area contributed by atoms with Crippen LogP contribution in [0.3, 0.4) is 0 Å². The Balaban J connectivity index is 0.00000200. The van der Waals surface area contributed by atoms with Crippen molar-refractivity contribution < 1.29 is 8.85 Å². The van der Waals surface area contributed by atoms with Crippen LogP contribution in [0.4, 0.5) is 0 Å². The largest absolute Gasteiger partial charge is 0.406 e. The fourth-order valence-corrected chi connectivity index (χ4v) is 4.92. The highest BCUT2D eigenvalue weighted by Crippen LogP contribution is 2.09. The van der Waals surface area contributed by atoms with E-state index in [0.717, 1.165) is 10.4 Å². The van der Waals surface area contributed by atoms with Gasteiger partial charge in [0.15, 0.2) is 0 Å². The van der Waals surface area contributed by atoms with Gasteiger partial charge in [-0.05, 0) is 35.2 Å². The Labute approximate surface area is 127 Å². The molecule has 0 unspecified atom stereocenters. The number of hydrogen-bond acceptors (Lipinski definition) is 2. The third-order valence-electron chi connectivity index (χ3n) is 3.44. The van der Waals surface area contributed by atoms with Crippen molar-refractivity contribution in [2.24, 2.45) is 0 Å². The van der Waals surface area contributed by atoms with E-state index >= 15 is 0 Å². The highest BCUT2D eigenvalue weighted by atomic mass is 28.4. The standard InChI is InChI=1S/C16H20O2Si.H4Si/c1-13-5-9-15(10-6-13)19(17-3,18-4)16-11-7-14(2)8-12-16;/h5-12H,1-4H3;1H4. The minimum absolute atomic E-state index is 0. The summed E-state index contributed by atoms with van der Waals surface area (Å²) < 4.78 is 11.7. The minimum Gasteiger partial charge on any atom is -0.391 e. The smallest absolute Gasteiger partial charge is 0.391 e. The second-order valence-corrected chi connectivity index (χ2v) is 7.96. The first-order valence-electron chi connectivity index (χ1n) is 6.37. The van der Waals surface area contributed by atoms with Gasteiger partial charge in [0.25, 0.3) is 0 Å². The van der Waals surface area contributed by atoms with Crippen molar-refractivity contribution >= 4 is 29.9 Å². The predicted octanol–water partition coefficient (Wildman–Crippen LogP) is 0.701. The summed E-state index contributed by atoms with van der Waals surface area (Å²) in [5.74, 6) is 0. The average Bonchev–Trinajstić information content (AvgIpc) is 2.44.